The lowest BCUT2D eigenvalue weighted by Gasteiger charge is -2.34. The zero-order valence-electron chi connectivity index (χ0n) is 10.2. The van der Waals surface area contributed by atoms with Gasteiger partial charge in [-0.2, -0.15) is 0 Å². The summed E-state index contributed by atoms with van der Waals surface area (Å²) in [6.45, 7) is 1.42. The van der Waals surface area contributed by atoms with Crippen LogP contribution in [0.4, 0.5) is 0 Å². The Kier molecular flexibility index (Phi) is 2.70. The third kappa shape index (κ3) is 1.75. The second-order valence-corrected chi connectivity index (χ2v) is 5.02. The molecule has 1 amide bonds. The van der Waals surface area contributed by atoms with E-state index >= 15 is 0 Å². The molecule has 1 aromatic rings. The van der Waals surface area contributed by atoms with Gasteiger partial charge in [-0.25, -0.2) is 4.98 Å². The number of hydrogen-bond acceptors (Lipinski definition) is 4. The topological polar surface area (TPSA) is 62.7 Å². The average molecular weight is 248 g/mol. The number of aromatic nitrogens is 1. The highest BCUT2D eigenvalue weighted by molar-refractivity contribution is 5.94. The maximum atomic E-state index is 12.3. The van der Waals surface area contributed by atoms with Crippen LogP contribution in [0.2, 0.25) is 0 Å². The predicted molar refractivity (Wildman–Crippen MR) is 64.3 cm³/mol. The van der Waals surface area contributed by atoms with Gasteiger partial charge in [-0.1, -0.05) is 0 Å². The monoisotopic (exact) mass is 248 g/mol. The summed E-state index contributed by atoms with van der Waals surface area (Å²) in [6, 6.07) is 3.35. The summed E-state index contributed by atoms with van der Waals surface area (Å²) in [6.07, 6.45) is 2.18. The zero-order valence-corrected chi connectivity index (χ0v) is 10.2. The fourth-order valence-corrected chi connectivity index (χ4v) is 2.87. The first-order chi connectivity index (χ1) is 8.69. The number of carbonyl (C=O) groups excluding carboxylic acids is 1. The summed E-state index contributed by atoms with van der Waals surface area (Å²) in [5, 5.41) is 9.60. The van der Waals surface area contributed by atoms with Gasteiger partial charge in [0.2, 0.25) is 5.88 Å². The van der Waals surface area contributed by atoms with E-state index in [0.29, 0.717) is 23.9 Å². The summed E-state index contributed by atoms with van der Waals surface area (Å²) in [4.78, 5) is 18.1. The van der Waals surface area contributed by atoms with E-state index in [1.807, 2.05) is 4.90 Å². The van der Waals surface area contributed by atoms with Crippen LogP contribution in [0, 0.1) is 11.8 Å². The number of methoxy groups -OCH3 is 1. The molecule has 5 nitrogen and oxygen atoms in total. The summed E-state index contributed by atoms with van der Waals surface area (Å²) in [5.41, 5.74) is 0.595. The van der Waals surface area contributed by atoms with E-state index in [-0.39, 0.29) is 17.9 Å². The predicted octanol–water partition coefficient (Wildman–Crippen LogP) is 0.543. The van der Waals surface area contributed by atoms with Crippen LogP contribution < -0.4 is 4.74 Å². The Hall–Kier alpha value is -1.62. The number of ether oxygens (including phenoxy) is 1. The number of carbonyl (C=O) groups is 1. The van der Waals surface area contributed by atoms with Crippen LogP contribution in [0.15, 0.2) is 18.3 Å². The smallest absolute Gasteiger partial charge is 0.254 e. The molecule has 1 aliphatic carbocycles. The van der Waals surface area contributed by atoms with Crippen LogP contribution in [-0.4, -0.2) is 47.2 Å². The molecule has 1 aliphatic heterocycles. The minimum Gasteiger partial charge on any atom is -0.481 e. The summed E-state index contributed by atoms with van der Waals surface area (Å²) >= 11 is 0. The molecule has 2 aliphatic rings. The molecule has 1 saturated heterocycles. The highest BCUT2D eigenvalue weighted by Crippen LogP contribution is 2.41. The van der Waals surface area contributed by atoms with Crippen LogP contribution in [0.1, 0.15) is 16.8 Å². The fourth-order valence-electron chi connectivity index (χ4n) is 2.87. The Labute approximate surface area is 105 Å². The normalized spacial score (nSPS) is 29.7. The van der Waals surface area contributed by atoms with Crippen molar-refractivity contribution in [1.82, 2.24) is 9.88 Å². The molecule has 0 spiro atoms. The van der Waals surface area contributed by atoms with Gasteiger partial charge >= 0.3 is 0 Å². The Morgan fingerprint density at radius 2 is 2.39 bits per heavy atom. The van der Waals surface area contributed by atoms with Crippen molar-refractivity contribution in [3.63, 3.8) is 0 Å². The van der Waals surface area contributed by atoms with Crippen LogP contribution in [0.25, 0.3) is 0 Å². The van der Waals surface area contributed by atoms with Crippen molar-refractivity contribution in [3.05, 3.63) is 23.9 Å². The first-order valence-corrected chi connectivity index (χ1v) is 6.16. The minimum absolute atomic E-state index is 0.00250. The standard InChI is InChI=1S/C13H16N2O3/c1-18-12-5-8(2-3-14-12)13(17)15-6-9-4-11(16)10(9)7-15/h2-3,5,9-11,16H,4,6-7H2,1H3/t9-,10+,11-/m0/s1. The second kappa shape index (κ2) is 4.24. The molecule has 5 heteroatoms. The molecule has 1 N–H and O–H groups in total. The lowest BCUT2D eigenvalue weighted by Crippen LogP contribution is -2.39. The van der Waals surface area contributed by atoms with Crippen molar-refractivity contribution < 1.29 is 14.6 Å². The Bertz CT molecular complexity index is 477. The molecule has 18 heavy (non-hydrogen) atoms. The van der Waals surface area contributed by atoms with Crippen molar-refractivity contribution in [1.29, 1.82) is 0 Å². The molecule has 1 aromatic heterocycles. The highest BCUT2D eigenvalue weighted by atomic mass is 16.5. The molecule has 0 unspecified atom stereocenters. The number of pyridine rings is 1. The number of fused-ring (bicyclic) bond motifs is 1. The quantitative estimate of drug-likeness (QED) is 0.830. The molecule has 0 bridgehead atoms. The van der Waals surface area contributed by atoms with Gasteiger partial charge in [-0.3, -0.25) is 4.79 Å². The van der Waals surface area contributed by atoms with Crippen molar-refractivity contribution in [3.8, 4) is 5.88 Å². The average Bonchev–Trinajstić information content (AvgIpc) is 2.75. The number of likely N-dealkylation sites (tertiary alicyclic amines) is 1. The fraction of sp³-hybridized carbons (Fsp3) is 0.538. The third-order valence-electron chi connectivity index (χ3n) is 4.01. The van der Waals surface area contributed by atoms with Crippen LogP contribution >= 0.6 is 0 Å². The molecular weight excluding hydrogens is 232 g/mol. The number of nitrogens with zero attached hydrogens (tertiary/aromatic N) is 2. The first-order valence-electron chi connectivity index (χ1n) is 6.16. The van der Waals surface area contributed by atoms with Crippen molar-refractivity contribution >= 4 is 5.91 Å². The van der Waals surface area contributed by atoms with E-state index in [0.717, 1.165) is 13.0 Å². The number of aliphatic hydroxyl groups is 1. The first kappa shape index (κ1) is 11.5. The third-order valence-corrected chi connectivity index (χ3v) is 4.01. The summed E-state index contributed by atoms with van der Waals surface area (Å²) in [5.74, 6) is 1.20. The lowest BCUT2D eigenvalue weighted by atomic mass is 9.74. The number of rotatable bonds is 2. The molecule has 1 saturated carbocycles. The molecular formula is C13H16N2O3. The van der Waals surface area contributed by atoms with Crippen molar-refractivity contribution in [2.75, 3.05) is 20.2 Å². The lowest BCUT2D eigenvalue weighted by molar-refractivity contribution is -0.00427. The summed E-state index contributed by atoms with van der Waals surface area (Å²) in [7, 11) is 1.53. The van der Waals surface area contributed by atoms with Crippen LogP contribution in [0.5, 0.6) is 5.88 Å². The van der Waals surface area contributed by atoms with E-state index < -0.39 is 0 Å². The molecule has 0 radical (unpaired) electrons. The van der Waals surface area contributed by atoms with Gasteiger partial charge in [0.05, 0.1) is 13.2 Å². The minimum atomic E-state index is -0.222. The van der Waals surface area contributed by atoms with Gasteiger partial charge in [-0.05, 0) is 18.4 Å². The molecule has 2 heterocycles. The van der Waals surface area contributed by atoms with E-state index in [2.05, 4.69) is 4.98 Å². The Morgan fingerprint density at radius 3 is 3.06 bits per heavy atom. The number of hydrogen-bond donors (Lipinski definition) is 1. The Balaban J connectivity index is 1.74. The number of amides is 1. The van der Waals surface area contributed by atoms with E-state index in [1.165, 1.54) is 7.11 Å². The van der Waals surface area contributed by atoms with E-state index in [4.69, 9.17) is 4.74 Å². The molecule has 3 rings (SSSR count). The van der Waals surface area contributed by atoms with Crippen LogP contribution in [-0.2, 0) is 0 Å². The van der Waals surface area contributed by atoms with Crippen molar-refractivity contribution in [2.24, 2.45) is 11.8 Å². The van der Waals surface area contributed by atoms with Gasteiger partial charge in [0.15, 0.2) is 0 Å². The maximum absolute atomic E-state index is 12.3. The van der Waals surface area contributed by atoms with Crippen molar-refractivity contribution in [2.45, 2.75) is 12.5 Å². The Morgan fingerprint density at radius 1 is 1.56 bits per heavy atom. The molecule has 0 aromatic carbocycles. The highest BCUT2D eigenvalue weighted by Gasteiger charge is 2.47. The van der Waals surface area contributed by atoms with E-state index in [9.17, 15) is 9.90 Å². The van der Waals surface area contributed by atoms with Gasteiger partial charge < -0.3 is 14.7 Å². The number of aliphatic hydroxyl groups excluding tert-OH is 1. The maximum Gasteiger partial charge on any atom is 0.254 e. The van der Waals surface area contributed by atoms with Gasteiger partial charge in [0, 0.05) is 36.8 Å². The molecule has 2 fully saturated rings. The molecule has 96 valence electrons. The van der Waals surface area contributed by atoms with Gasteiger partial charge in [0.1, 0.15) is 0 Å². The van der Waals surface area contributed by atoms with Gasteiger partial charge in [-0.15, -0.1) is 0 Å². The largest absolute Gasteiger partial charge is 0.481 e. The second-order valence-electron chi connectivity index (χ2n) is 5.02. The van der Waals surface area contributed by atoms with E-state index in [1.54, 1.807) is 18.3 Å². The molecule has 3 atom stereocenters. The van der Waals surface area contributed by atoms with Gasteiger partial charge in [0.25, 0.3) is 5.91 Å². The zero-order chi connectivity index (χ0) is 12.7. The summed E-state index contributed by atoms with van der Waals surface area (Å²) < 4.78 is 5.02. The van der Waals surface area contributed by atoms with Crippen LogP contribution in [0.3, 0.4) is 0 Å². The SMILES string of the molecule is COc1cc(C(=O)N2C[C@@H]3C[C@H](O)[C@@H]3C2)ccn1.